The lowest BCUT2D eigenvalue weighted by Gasteiger charge is -2.57. The van der Waals surface area contributed by atoms with Crippen LogP contribution in [0.5, 0.6) is 0 Å². The quantitative estimate of drug-likeness (QED) is 0.264. The van der Waals surface area contributed by atoms with Crippen LogP contribution in [0.25, 0.3) is 0 Å². The third-order valence-electron chi connectivity index (χ3n) is 10.00. The predicted octanol–water partition coefficient (Wildman–Crippen LogP) is 6.30. The topological polar surface area (TPSA) is 86.8 Å². The summed E-state index contributed by atoms with van der Waals surface area (Å²) in [6, 6.07) is 14.3. The molecule has 0 spiro atoms. The first-order valence-electron chi connectivity index (χ1n) is 15.9. The maximum absolute atomic E-state index is 14.0. The number of unbranched alkanes of at least 4 members (excludes halogenated alkanes) is 1. The smallest absolute Gasteiger partial charge is 0.244 e. The summed E-state index contributed by atoms with van der Waals surface area (Å²) in [5, 5.41) is 3.44. The first-order valence-corrected chi connectivity index (χ1v) is 18.1. The van der Waals surface area contributed by atoms with Crippen LogP contribution < -0.4 is 9.62 Å². The average Bonchev–Trinajstić information content (AvgIpc) is 2.95. The van der Waals surface area contributed by atoms with Crippen LogP contribution in [0.4, 0.5) is 5.69 Å². The van der Waals surface area contributed by atoms with E-state index in [0.29, 0.717) is 29.2 Å². The highest BCUT2D eigenvalue weighted by atomic mass is 35.5. The molecule has 43 heavy (non-hydrogen) atoms. The van der Waals surface area contributed by atoms with E-state index in [2.05, 4.69) is 17.4 Å². The van der Waals surface area contributed by atoms with E-state index in [1.54, 1.807) is 6.07 Å². The number of anilines is 1. The summed E-state index contributed by atoms with van der Waals surface area (Å²) < 4.78 is 27.4. The molecule has 1 N–H and O–H groups in total. The minimum atomic E-state index is -3.80. The Morgan fingerprint density at radius 1 is 0.977 bits per heavy atom. The zero-order valence-electron chi connectivity index (χ0n) is 25.7. The number of carbonyl (C=O) groups excluding carboxylic acids is 2. The van der Waals surface area contributed by atoms with E-state index < -0.39 is 28.5 Å². The summed E-state index contributed by atoms with van der Waals surface area (Å²) in [6.07, 6.45) is 11.0. The van der Waals surface area contributed by atoms with Crippen molar-refractivity contribution in [1.29, 1.82) is 0 Å². The Morgan fingerprint density at radius 3 is 2.12 bits per heavy atom. The van der Waals surface area contributed by atoms with Gasteiger partial charge in [-0.25, -0.2) is 8.42 Å². The summed E-state index contributed by atoms with van der Waals surface area (Å²) in [5.41, 5.74) is 2.65. The molecule has 234 valence electrons. The molecule has 6 rings (SSSR count). The predicted molar refractivity (Wildman–Crippen MR) is 172 cm³/mol. The van der Waals surface area contributed by atoms with E-state index >= 15 is 0 Å². The molecule has 4 aliphatic rings. The number of benzene rings is 2. The third kappa shape index (κ3) is 7.06. The minimum absolute atomic E-state index is 0.0980. The molecule has 4 bridgehead atoms. The first-order chi connectivity index (χ1) is 20.5. The molecule has 0 radical (unpaired) electrons. The summed E-state index contributed by atoms with van der Waals surface area (Å²) in [7, 11) is -3.80. The van der Waals surface area contributed by atoms with Gasteiger partial charge >= 0.3 is 0 Å². The summed E-state index contributed by atoms with van der Waals surface area (Å²) in [4.78, 5) is 28.7. The molecule has 2 amide bonds. The van der Waals surface area contributed by atoms with Gasteiger partial charge in [0.2, 0.25) is 21.8 Å². The van der Waals surface area contributed by atoms with E-state index in [1.807, 2.05) is 44.2 Å². The second kappa shape index (κ2) is 13.2. The van der Waals surface area contributed by atoms with Crippen LogP contribution in [-0.2, 0) is 31.6 Å². The van der Waals surface area contributed by atoms with Crippen molar-refractivity contribution >= 4 is 39.1 Å². The van der Waals surface area contributed by atoms with E-state index in [0.717, 1.165) is 36.9 Å². The van der Waals surface area contributed by atoms with Gasteiger partial charge in [-0.3, -0.25) is 13.9 Å². The number of sulfonamides is 1. The lowest BCUT2D eigenvalue weighted by atomic mass is 9.48. The second-order valence-electron chi connectivity index (χ2n) is 13.2. The molecule has 0 unspecified atom stereocenters. The molecule has 9 heteroatoms. The first kappa shape index (κ1) is 31.8. The van der Waals surface area contributed by atoms with Crippen LogP contribution in [0.3, 0.4) is 0 Å². The number of halogens is 1. The number of hydrogen-bond donors (Lipinski definition) is 1. The standard InChI is InChI=1S/C34H46ClN3O4S/c1-4-6-15-36-33(40)31(5-2)37(22-27-9-7-8-10-30(27)35)32(39)23-38(43(3,41)42)29-13-11-28(12-14-29)34-19-24-16-25(20-34)18-26(17-24)21-34/h7-14,24-26,31H,4-6,15-23H2,1-3H3,(H,36,40)/t24?,25?,26?,31-,34?/m0/s1. The van der Waals surface area contributed by atoms with Gasteiger partial charge in [0, 0.05) is 18.1 Å². The Bertz CT molecular complexity index is 1380. The molecule has 0 aliphatic heterocycles. The molecule has 4 fully saturated rings. The molecule has 2 aromatic rings. The van der Waals surface area contributed by atoms with Crippen LogP contribution in [0.15, 0.2) is 48.5 Å². The molecule has 0 saturated heterocycles. The Labute approximate surface area is 262 Å². The largest absolute Gasteiger partial charge is 0.354 e. The number of carbonyl (C=O) groups is 2. The van der Waals surface area contributed by atoms with Crippen molar-refractivity contribution in [1.82, 2.24) is 10.2 Å². The molecule has 0 heterocycles. The average molecular weight is 628 g/mol. The van der Waals surface area contributed by atoms with Crippen LogP contribution >= 0.6 is 11.6 Å². The van der Waals surface area contributed by atoms with Gasteiger partial charge in [0.15, 0.2) is 0 Å². The fourth-order valence-corrected chi connectivity index (χ4v) is 9.34. The van der Waals surface area contributed by atoms with Gasteiger partial charge in [-0.1, -0.05) is 62.2 Å². The molecule has 4 aliphatic carbocycles. The highest BCUT2D eigenvalue weighted by Crippen LogP contribution is 2.60. The Hall–Kier alpha value is -2.58. The van der Waals surface area contributed by atoms with Gasteiger partial charge in [0.05, 0.1) is 11.9 Å². The van der Waals surface area contributed by atoms with Gasteiger partial charge in [0.25, 0.3) is 0 Å². The number of hydrogen-bond acceptors (Lipinski definition) is 4. The van der Waals surface area contributed by atoms with Crippen molar-refractivity contribution in [3.63, 3.8) is 0 Å². The Balaban J connectivity index is 1.39. The molecular weight excluding hydrogens is 582 g/mol. The SMILES string of the molecule is CCCCNC(=O)[C@H](CC)N(Cc1ccccc1Cl)C(=O)CN(c1ccc(C23CC4CC(CC(C4)C2)C3)cc1)S(C)(=O)=O. The van der Waals surface area contributed by atoms with Crippen molar-refractivity contribution in [2.24, 2.45) is 17.8 Å². The van der Waals surface area contributed by atoms with Gasteiger partial charge in [-0.15, -0.1) is 0 Å². The van der Waals surface area contributed by atoms with Gasteiger partial charge in [-0.2, -0.15) is 0 Å². The summed E-state index contributed by atoms with van der Waals surface area (Å²) in [5.74, 6) is 1.73. The van der Waals surface area contributed by atoms with Crippen LogP contribution in [0, 0.1) is 17.8 Å². The van der Waals surface area contributed by atoms with Gasteiger partial charge < -0.3 is 10.2 Å². The second-order valence-corrected chi connectivity index (χ2v) is 15.5. The normalized spacial score (nSPS) is 24.9. The van der Waals surface area contributed by atoms with Crippen LogP contribution in [-0.4, -0.2) is 50.5 Å². The third-order valence-corrected chi connectivity index (χ3v) is 11.5. The van der Waals surface area contributed by atoms with Crippen LogP contribution in [0.1, 0.15) is 82.8 Å². The van der Waals surface area contributed by atoms with E-state index in [9.17, 15) is 18.0 Å². The van der Waals surface area contributed by atoms with Crippen molar-refractivity contribution < 1.29 is 18.0 Å². The fraction of sp³-hybridized carbons (Fsp3) is 0.588. The molecule has 2 aromatic carbocycles. The molecule has 0 aromatic heterocycles. The van der Waals surface area contributed by atoms with Crippen LogP contribution in [0.2, 0.25) is 5.02 Å². The maximum Gasteiger partial charge on any atom is 0.244 e. The van der Waals surface area contributed by atoms with Crippen molar-refractivity contribution in [2.45, 2.75) is 89.6 Å². The van der Waals surface area contributed by atoms with Crippen molar-refractivity contribution in [3.05, 3.63) is 64.7 Å². The van der Waals surface area contributed by atoms with Crippen molar-refractivity contribution in [2.75, 3.05) is 23.7 Å². The zero-order chi connectivity index (χ0) is 30.8. The fourth-order valence-electron chi connectivity index (χ4n) is 8.29. The van der Waals surface area contributed by atoms with E-state index in [1.165, 1.54) is 53.3 Å². The Kier molecular flexibility index (Phi) is 9.76. The number of amides is 2. The Morgan fingerprint density at radius 2 is 1.58 bits per heavy atom. The lowest BCUT2D eigenvalue weighted by molar-refractivity contribution is -0.140. The van der Waals surface area contributed by atoms with E-state index in [-0.39, 0.29) is 17.9 Å². The highest BCUT2D eigenvalue weighted by Gasteiger charge is 2.51. The lowest BCUT2D eigenvalue weighted by Crippen LogP contribution is -2.52. The molecule has 7 nitrogen and oxygen atoms in total. The summed E-state index contributed by atoms with van der Waals surface area (Å²) >= 11 is 6.46. The summed E-state index contributed by atoms with van der Waals surface area (Å²) in [6.45, 7) is 4.12. The van der Waals surface area contributed by atoms with E-state index in [4.69, 9.17) is 11.6 Å². The van der Waals surface area contributed by atoms with Crippen molar-refractivity contribution in [3.8, 4) is 0 Å². The zero-order valence-corrected chi connectivity index (χ0v) is 27.3. The number of nitrogens with one attached hydrogen (secondary N) is 1. The molecular formula is C34H46ClN3O4S. The van der Waals surface area contributed by atoms with Gasteiger partial charge in [-0.05, 0) is 104 Å². The molecule has 1 atom stereocenters. The monoisotopic (exact) mass is 627 g/mol. The minimum Gasteiger partial charge on any atom is -0.354 e. The highest BCUT2D eigenvalue weighted by molar-refractivity contribution is 7.92. The van der Waals surface area contributed by atoms with Gasteiger partial charge in [0.1, 0.15) is 12.6 Å². The maximum atomic E-state index is 14.0. The number of nitrogens with zero attached hydrogens (tertiary/aromatic N) is 2. The molecule has 4 saturated carbocycles. The number of rotatable bonds is 13.